The number of alkyl carbamates (subject to hydrolysis) is 1. The molecule has 4 N–H and O–H groups in total. The maximum atomic E-state index is 12.8. The molecular weight excluding hydrogens is 398 g/mol. The molecule has 0 fully saturated rings. The number of nitrogens with two attached hydrogens (primary N) is 1. The summed E-state index contributed by atoms with van der Waals surface area (Å²) in [7, 11) is 1.54. The van der Waals surface area contributed by atoms with E-state index in [1.54, 1.807) is 39.2 Å². The second kappa shape index (κ2) is 11.6. The van der Waals surface area contributed by atoms with Crippen LogP contribution >= 0.6 is 0 Å². The minimum Gasteiger partial charge on any atom is -0.497 e. The van der Waals surface area contributed by atoms with Crippen LogP contribution in [-0.2, 0) is 27.4 Å². The molecule has 3 amide bonds. The molecule has 31 heavy (non-hydrogen) atoms. The summed E-state index contributed by atoms with van der Waals surface area (Å²) in [4.78, 5) is 36.9. The number of nitrogens with one attached hydrogen (secondary N) is 2. The van der Waals surface area contributed by atoms with Crippen molar-refractivity contribution in [2.75, 3.05) is 7.11 Å². The SMILES string of the molecule is COc1cccc(C[C@H](NC(=O)[C@H](NC(=O)OCc2ccccc2)C(C)C)C(N)=O)c1. The first-order valence-corrected chi connectivity index (χ1v) is 10.00. The van der Waals surface area contributed by atoms with Crippen molar-refractivity contribution in [3.8, 4) is 5.75 Å². The Morgan fingerprint density at radius 3 is 2.26 bits per heavy atom. The molecule has 0 spiro atoms. The third-order valence-electron chi connectivity index (χ3n) is 4.67. The first-order chi connectivity index (χ1) is 14.8. The van der Waals surface area contributed by atoms with Gasteiger partial charge in [0.05, 0.1) is 7.11 Å². The number of hydrogen-bond acceptors (Lipinski definition) is 5. The van der Waals surface area contributed by atoms with Gasteiger partial charge in [-0.15, -0.1) is 0 Å². The van der Waals surface area contributed by atoms with Crippen LogP contribution in [0.4, 0.5) is 4.79 Å². The maximum absolute atomic E-state index is 12.8. The summed E-state index contributed by atoms with van der Waals surface area (Å²) in [5.41, 5.74) is 7.10. The highest BCUT2D eigenvalue weighted by molar-refractivity contribution is 5.91. The Morgan fingerprint density at radius 1 is 0.968 bits per heavy atom. The average Bonchev–Trinajstić information content (AvgIpc) is 2.76. The summed E-state index contributed by atoms with van der Waals surface area (Å²) >= 11 is 0. The van der Waals surface area contributed by atoms with E-state index < -0.39 is 30.0 Å². The van der Waals surface area contributed by atoms with Crippen LogP contribution in [0.2, 0.25) is 0 Å². The fraction of sp³-hybridized carbons (Fsp3) is 0.348. The zero-order chi connectivity index (χ0) is 22.8. The van der Waals surface area contributed by atoms with Gasteiger partial charge in [-0.05, 0) is 29.2 Å². The summed E-state index contributed by atoms with van der Waals surface area (Å²) in [6, 6.07) is 14.5. The summed E-state index contributed by atoms with van der Waals surface area (Å²) in [5, 5.41) is 5.21. The van der Waals surface area contributed by atoms with Gasteiger partial charge in [0.15, 0.2) is 0 Å². The zero-order valence-electron chi connectivity index (χ0n) is 18.0. The maximum Gasteiger partial charge on any atom is 0.408 e. The highest BCUT2D eigenvalue weighted by atomic mass is 16.5. The first-order valence-electron chi connectivity index (χ1n) is 10.00. The van der Waals surface area contributed by atoms with Crippen LogP contribution in [0.15, 0.2) is 54.6 Å². The number of primary amides is 1. The molecule has 0 saturated heterocycles. The summed E-state index contributed by atoms with van der Waals surface area (Å²) < 4.78 is 10.4. The normalized spacial score (nSPS) is 12.5. The second-order valence-electron chi connectivity index (χ2n) is 7.45. The first kappa shape index (κ1) is 23.7. The molecule has 0 aromatic heterocycles. The molecule has 8 heteroatoms. The fourth-order valence-corrected chi connectivity index (χ4v) is 2.95. The number of hydrogen-bond donors (Lipinski definition) is 3. The number of ether oxygens (including phenoxy) is 2. The van der Waals surface area contributed by atoms with Crippen molar-refractivity contribution in [2.45, 2.75) is 39.0 Å². The lowest BCUT2D eigenvalue weighted by molar-refractivity contribution is -0.129. The number of amides is 3. The van der Waals surface area contributed by atoms with Crippen molar-refractivity contribution >= 4 is 17.9 Å². The third kappa shape index (κ3) is 7.65. The Kier molecular flexibility index (Phi) is 8.87. The molecule has 0 radical (unpaired) electrons. The van der Waals surface area contributed by atoms with Crippen molar-refractivity contribution < 1.29 is 23.9 Å². The van der Waals surface area contributed by atoms with E-state index in [1.807, 2.05) is 36.4 Å². The van der Waals surface area contributed by atoms with Gasteiger partial charge < -0.3 is 25.8 Å². The molecular formula is C23H29N3O5. The molecule has 166 valence electrons. The zero-order valence-corrected chi connectivity index (χ0v) is 18.0. The number of carbonyl (C=O) groups excluding carboxylic acids is 3. The summed E-state index contributed by atoms with van der Waals surface area (Å²) in [6.45, 7) is 3.64. The van der Waals surface area contributed by atoms with Crippen LogP contribution in [0.1, 0.15) is 25.0 Å². The van der Waals surface area contributed by atoms with E-state index in [0.29, 0.717) is 5.75 Å². The van der Waals surface area contributed by atoms with E-state index in [0.717, 1.165) is 11.1 Å². The minimum absolute atomic E-state index is 0.0822. The van der Waals surface area contributed by atoms with Gasteiger partial charge in [-0.3, -0.25) is 9.59 Å². The Hall–Kier alpha value is -3.55. The summed E-state index contributed by atoms with van der Waals surface area (Å²) in [5.74, 6) is -0.798. The number of methoxy groups -OCH3 is 1. The molecule has 8 nitrogen and oxygen atoms in total. The van der Waals surface area contributed by atoms with E-state index in [1.165, 1.54) is 0 Å². The topological polar surface area (TPSA) is 120 Å². The molecule has 0 heterocycles. The highest BCUT2D eigenvalue weighted by Crippen LogP contribution is 2.14. The van der Waals surface area contributed by atoms with Crippen molar-refractivity contribution in [2.24, 2.45) is 11.7 Å². The minimum atomic E-state index is -0.942. The second-order valence-corrected chi connectivity index (χ2v) is 7.45. The van der Waals surface area contributed by atoms with Crippen LogP contribution < -0.4 is 21.1 Å². The van der Waals surface area contributed by atoms with E-state index in [4.69, 9.17) is 15.2 Å². The Labute approximate surface area is 182 Å². The summed E-state index contributed by atoms with van der Waals surface area (Å²) in [6.07, 6.45) is -0.525. The molecule has 0 bridgehead atoms. The molecule has 2 atom stereocenters. The van der Waals surface area contributed by atoms with Gasteiger partial charge in [-0.25, -0.2) is 4.79 Å². The van der Waals surface area contributed by atoms with Crippen molar-refractivity contribution in [1.29, 1.82) is 0 Å². The largest absolute Gasteiger partial charge is 0.497 e. The lowest BCUT2D eigenvalue weighted by Gasteiger charge is -2.24. The molecule has 2 rings (SSSR count). The van der Waals surface area contributed by atoms with Crippen LogP contribution in [0, 0.1) is 5.92 Å². The van der Waals surface area contributed by atoms with Crippen LogP contribution in [0.25, 0.3) is 0 Å². The van der Waals surface area contributed by atoms with Gasteiger partial charge in [0.25, 0.3) is 0 Å². The van der Waals surface area contributed by atoms with Crippen LogP contribution in [-0.4, -0.2) is 37.1 Å². The van der Waals surface area contributed by atoms with Gasteiger partial charge >= 0.3 is 6.09 Å². The quantitative estimate of drug-likeness (QED) is 0.537. The van der Waals surface area contributed by atoms with E-state index >= 15 is 0 Å². The van der Waals surface area contributed by atoms with Gasteiger partial charge in [-0.2, -0.15) is 0 Å². The van der Waals surface area contributed by atoms with Crippen molar-refractivity contribution in [3.63, 3.8) is 0 Å². The average molecular weight is 428 g/mol. The molecule has 2 aromatic carbocycles. The Bertz CT molecular complexity index is 886. The van der Waals surface area contributed by atoms with Gasteiger partial charge in [0.1, 0.15) is 24.4 Å². The molecule has 0 aliphatic heterocycles. The van der Waals surface area contributed by atoms with Gasteiger partial charge in [-0.1, -0.05) is 56.3 Å². The smallest absolute Gasteiger partial charge is 0.408 e. The van der Waals surface area contributed by atoms with E-state index in [2.05, 4.69) is 10.6 Å². The van der Waals surface area contributed by atoms with Gasteiger partial charge in [0.2, 0.25) is 11.8 Å². The highest BCUT2D eigenvalue weighted by Gasteiger charge is 2.28. The Morgan fingerprint density at radius 2 is 1.65 bits per heavy atom. The standard InChI is InChI=1S/C23H29N3O5/c1-15(2)20(26-23(29)31-14-16-8-5-4-6-9-16)22(28)25-19(21(24)27)13-17-10-7-11-18(12-17)30-3/h4-12,15,19-20H,13-14H2,1-3H3,(H2,24,27)(H,25,28)(H,26,29)/t19-,20+/m0/s1. The van der Waals surface area contributed by atoms with Crippen LogP contribution in [0.5, 0.6) is 5.75 Å². The van der Waals surface area contributed by atoms with E-state index in [9.17, 15) is 14.4 Å². The molecule has 0 aliphatic carbocycles. The number of benzene rings is 2. The van der Waals surface area contributed by atoms with Crippen LogP contribution in [0.3, 0.4) is 0 Å². The molecule has 0 saturated carbocycles. The number of carbonyl (C=O) groups is 3. The lowest BCUT2D eigenvalue weighted by Crippen LogP contribution is -2.55. The van der Waals surface area contributed by atoms with Gasteiger partial charge in [0, 0.05) is 6.42 Å². The van der Waals surface area contributed by atoms with Crippen molar-refractivity contribution in [3.05, 3.63) is 65.7 Å². The molecule has 0 aliphatic rings. The lowest BCUT2D eigenvalue weighted by atomic mass is 10.0. The fourth-order valence-electron chi connectivity index (χ4n) is 2.95. The predicted molar refractivity (Wildman–Crippen MR) is 116 cm³/mol. The van der Waals surface area contributed by atoms with Crippen molar-refractivity contribution in [1.82, 2.24) is 10.6 Å². The third-order valence-corrected chi connectivity index (χ3v) is 4.67. The Balaban J connectivity index is 1.99. The molecule has 0 unspecified atom stereocenters. The number of rotatable bonds is 10. The predicted octanol–water partition coefficient (Wildman–Crippen LogP) is 2.16. The monoisotopic (exact) mass is 427 g/mol. The molecule has 2 aromatic rings. The van der Waals surface area contributed by atoms with E-state index in [-0.39, 0.29) is 18.9 Å².